The molecule has 2 rings (SSSR count). The summed E-state index contributed by atoms with van der Waals surface area (Å²) in [6.45, 7) is 1.43. The van der Waals surface area contributed by atoms with Gasteiger partial charge < -0.3 is 15.4 Å². The Morgan fingerprint density at radius 3 is 2.77 bits per heavy atom. The number of rotatable bonds is 7. The minimum Gasteiger partial charge on any atom is -0.453 e. The van der Waals surface area contributed by atoms with E-state index in [1.54, 1.807) is 0 Å². The van der Waals surface area contributed by atoms with Crippen molar-refractivity contribution < 1.29 is 28.3 Å². The number of benzene rings is 1. The molecule has 26 heavy (non-hydrogen) atoms. The molecule has 10 heteroatoms. The van der Waals surface area contributed by atoms with Gasteiger partial charge in [0.1, 0.15) is 5.82 Å². The maximum absolute atomic E-state index is 13.1. The first kappa shape index (κ1) is 19.6. The second-order valence-electron chi connectivity index (χ2n) is 5.56. The first-order valence-electron chi connectivity index (χ1n) is 7.81. The normalized spacial score (nSPS) is 14.8. The van der Waals surface area contributed by atoms with Crippen molar-refractivity contribution in [3.8, 4) is 0 Å². The average molecular weight is 386 g/mol. The zero-order chi connectivity index (χ0) is 19.3. The molecule has 1 aliphatic heterocycles. The highest BCUT2D eigenvalue weighted by molar-refractivity contribution is 6.31. The van der Waals surface area contributed by atoms with E-state index in [4.69, 9.17) is 16.3 Å². The van der Waals surface area contributed by atoms with Crippen LogP contribution >= 0.6 is 11.6 Å². The molecule has 0 unspecified atom stereocenters. The molecule has 1 aromatic carbocycles. The smallest absolute Gasteiger partial charge is 0.324 e. The van der Waals surface area contributed by atoms with E-state index in [-0.39, 0.29) is 42.5 Å². The Labute approximate surface area is 153 Å². The fourth-order valence-corrected chi connectivity index (χ4v) is 2.37. The lowest BCUT2D eigenvalue weighted by atomic mass is 10.2. The summed E-state index contributed by atoms with van der Waals surface area (Å²) in [6.07, 6.45) is -0.917. The van der Waals surface area contributed by atoms with Crippen LogP contribution in [0.5, 0.6) is 0 Å². The Balaban J connectivity index is 1.75. The van der Waals surface area contributed by atoms with E-state index in [2.05, 4.69) is 10.6 Å². The van der Waals surface area contributed by atoms with E-state index >= 15 is 0 Å². The van der Waals surface area contributed by atoms with Crippen LogP contribution in [0.25, 0.3) is 0 Å². The van der Waals surface area contributed by atoms with Gasteiger partial charge in [-0.15, -0.1) is 0 Å². The van der Waals surface area contributed by atoms with Crippen LogP contribution in [0.3, 0.4) is 0 Å². The summed E-state index contributed by atoms with van der Waals surface area (Å²) in [5.74, 6) is -2.21. The van der Waals surface area contributed by atoms with Crippen molar-refractivity contribution in [1.82, 2.24) is 10.2 Å². The number of nitrogens with zero attached hydrogens (tertiary/aromatic N) is 1. The Kier molecular flexibility index (Phi) is 6.51. The number of esters is 1. The van der Waals surface area contributed by atoms with Gasteiger partial charge in [-0.1, -0.05) is 11.6 Å². The van der Waals surface area contributed by atoms with Gasteiger partial charge in [-0.3, -0.25) is 19.3 Å². The van der Waals surface area contributed by atoms with Gasteiger partial charge in [0.15, 0.2) is 6.10 Å². The van der Waals surface area contributed by atoms with Gasteiger partial charge in [-0.05, 0) is 31.5 Å². The number of carbonyl (C=O) groups is 4. The number of amides is 4. The third-order valence-electron chi connectivity index (χ3n) is 3.56. The number of hydrogen-bond acceptors (Lipinski definition) is 5. The largest absolute Gasteiger partial charge is 0.453 e. The van der Waals surface area contributed by atoms with Crippen LogP contribution in [0, 0.1) is 5.82 Å². The predicted octanol–water partition coefficient (Wildman–Crippen LogP) is 1.68. The highest BCUT2D eigenvalue weighted by Gasteiger charge is 2.28. The molecule has 1 heterocycles. The summed E-state index contributed by atoms with van der Waals surface area (Å²) >= 11 is 5.62. The molecule has 0 aliphatic carbocycles. The first-order valence-corrected chi connectivity index (χ1v) is 8.19. The standard InChI is InChI=1S/C16H17ClFN3O5/c1-9(15(24)20-10-4-5-12(18)11(17)7-10)26-14(23)3-2-6-21-13(22)8-19-16(21)25/h4-5,7,9H,2-3,6,8H2,1H3,(H,19,25)(H,20,24)/t9-/m1/s1. The van der Waals surface area contributed by atoms with Gasteiger partial charge in [0.05, 0.1) is 11.6 Å². The molecule has 0 radical (unpaired) electrons. The van der Waals surface area contributed by atoms with Crippen LogP contribution in [-0.4, -0.2) is 47.9 Å². The third kappa shape index (κ3) is 5.16. The van der Waals surface area contributed by atoms with Gasteiger partial charge in [0, 0.05) is 18.7 Å². The lowest BCUT2D eigenvalue weighted by Gasteiger charge is -2.15. The average Bonchev–Trinajstić information content (AvgIpc) is 2.90. The monoisotopic (exact) mass is 385 g/mol. The van der Waals surface area contributed by atoms with Gasteiger partial charge in [0.2, 0.25) is 5.91 Å². The molecule has 0 aromatic heterocycles. The Morgan fingerprint density at radius 2 is 2.15 bits per heavy atom. The maximum atomic E-state index is 13.1. The Bertz CT molecular complexity index is 727. The van der Waals surface area contributed by atoms with Crippen molar-refractivity contribution in [2.75, 3.05) is 18.4 Å². The van der Waals surface area contributed by atoms with Gasteiger partial charge in [0.25, 0.3) is 5.91 Å². The van der Waals surface area contributed by atoms with Gasteiger partial charge >= 0.3 is 12.0 Å². The zero-order valence-electron chi connectivity index (χ0n) is 13.9. The maximum Gasteiger partial charge on any atom is 0.324 e. The molecule has 1 saturated heterocycles. The summed E-state index contributed by atoms with van der Waals surface area (Å²) in [4.78, 5) is 47.5. The number of hydrogen-bond donors (Lipinski definition) is 2. The van der Waals surface area contributed by atoms with E-state index < -0.39 is 29.8 Å². The Morgan fingerprint density at radius 1 is 1.42 bits per heavy atom. The summed E-state index contributed by atoms with van der Waals surface area (Å²) in [5.41, 5.74) is 0.267. The second-order valence-corrected chi connectivity index (χ2v) is 5.97. The summed E-state index contributed by atoms with van der Waals surface area (Å²) in [5, 5.41) is 4.68. The fraction of sp³-hybridized carbons (Fsp3) is 0.375. The summed E-state index contributed by atoms with van der Waals surface area (Å²) in [7, 11) is 0. The Hall–Kier alpha value is -2.68. The van der Waals surface area contributed by atoms with Crippen LogP contribution in [-0.2, 0) is 19.1 Å². The molecule has 1 aliphatic rings. The van der Waals surface area contributed by atoms with Crippen molar-refractivity contribution in [1.29, 1.82) is 0 Å². The quantitative estimate of drug-likeness (QED) is 0.549. The number of imide groups is 1. The molecular weight excluding hydrogens is 369 g/mol. The zero-order valence-corrected chi connectivity index (χ0v) is 14.6. The van der Waals surface area contributed by atoms with Gasteiger partial charge in [-0.25, -0.2) is 9.18 Å². The molecule has 1 aromatic rings. The van der Waals surface area contributed by atoms with E-state index in [0.29, 0.717) is 0 Å². The van der Waals surface area contributed by atoms with Gasteiger partial charge in [-0.2, -0.15) is 0 Å². The molecule has 1 fully saturated rings. The molecule has 4 amide bonds. The molecule has 0 bridgehead atoms. The number of halogens is 2. The first-order chi connectivity index (χ1) is 12.3. The molecule has 2 N–H and O–H groups in total. The lowest BCUT2D eigenvalue weighted by Crippen LogP contribution is -2.33. The van der Waals surface area contributed by atoms with Crippen LogP contribution in [0.2, 0.25) is 5.02 Å². The highest BCUT2D eigenvalue weighted by Crippen LogP contribution is 2.19. The molecule has 140 valence electrons. The summed E-state index contributed by atoms with van der Waals surface area (Å²) < 4.78 is 18.1. The van der Waals surface area contributed by atoms with E-state index in [9.17, 15) is 23.6 Å². The van der Waals surface area contributed by atoms with Crippen LogP contribution in [0.15, 0.2) is 18.2 Å². The molecular formula is C16H17ClFN3O5. The SMILES string of the molecule is C[C@@H](OC(=O)CCCN1C(=O)CNC1=O)C(=O)Nc1ccc(F)c(Cl)c1. The van der Waals surface area contributed by atoms with E-state index in [1.165, 1.54) is 19.1 Å². The van der Waals surface area contributed by atoms with E-state index in [1.807, 2.05) is 0 Å². The van der Waals surface area contributed by atoms with E-state index in [0.717, 1.165) is 11.0 Å². The summed E-state index contributed by atoms with van der Waals surface area (Å²) in [6, 6.07) is 3.17. The molecule has 1 atom stereocenters. The van der Waals surface area contributed by atoms with Crippen molar-refractivity contribution in [3.05, 3.63) is 29.0 Å². The second kappa shape index (κ2) is 8.61. The number of carbonyl (C=O) groups excluding carboxylic acids is 4. The predicted molar refractivity (Wildman–Crippen MR) is 89.9 cm³/mol. The molecule has 8 nitrogen and oxygen atoms in total. The van der Waals surface area contributed by atoms with Crippen molar-refractivity contribution in [3.63, 3.8) is 0 Å². The van der Waals surface area contributed by atoms with Crippen molar-refractivity contribution in [2.45, 2.75) is 25.9 Å². The fourth-order valence-electron chi connectivity index (χ4n) is 2.19. The van der Waals surface area contributed by atoms with Crippen molar-refractivity contribution in [2.24, 2.45) is 0 Å². The minimum absolute atomic E-state index is 0.0477. The number of urea groups is 1. The molecule has 0 saturated carbocycles. The van der Waals surface area contributed by atoms with Crippen LogP contribution < -0.4 is 10.6 Å². The topological polar surface area (TPSA) is 105 Å². The third-order valence-corrected chi connectivity index (χ3v) is 3.85. The van der Waals surface area contributed by atoms with Crippen molar-refractivity contribution >= 4 is 41.1 Å². The van der Waals surface area contributed by atoms with Crippen LogP contribution in [0.1, 0.15) is 19.8 Å². The van der Waals surface area contributed by atoms with Crippen LogP contribution in [0.4, 0.5) is 14.9 Å². The highest BCUT2D eigenvalue weighted by atomic mass is 35.5. The number of anilines is 1. The number of ether oxygens (including phenoxy) is 1. The number of nitrogens with one attached hydrogen (secondary N) is 2. The minimum atomic E-state index is -1.08. The lowest BCUT2D eigenvalue weighted by molar-refractivity contribution is -0.153. The molecule has 0 spiro atoms.